The summed E-state index contributed by atoms with van der Waals surface area (Å²) in [5.74, 6) is 0.0625. The summed E-state index contributed by atoms with van der Waals surface area (Å²) >= 11 is 0. The zero-order valence-electron chi connectivity index (χ0n) is 4.69. The quantitative estimate of drug-likeness (QED) is 0.351. The largest absolute Gasteiger partial charge is 0.876 e. The van der Waals surface area contributed by atoms with E-state index < -0.39 is 0 Å². The van der Waals surface area contributed by atoms with Crippen molar-refractivity contribution in [2.45, 2.75) is 13.8 Å². The molecular formula is C6H9O-. The molecule has 0 unspecified atom stereocenters. The van der Waals surface area contributed by atoms with Gasteiger partial charge in [-0.25, -0.2) is 0 Å². The van der Waals surface area contributed by atoms with E-state index in [0.717, 1.165) is 5.57 Å². The molecule has 0 aliphatic heterocycles. The molecule has 1 nitrogen and oxygen atoms in total. The summed E-state index contributed by atoms with van der Waals surface area (Å²) in [7, 11) is 0. The molecule has 40 valence electrons. The Morgan fingerprint density at radius 1 is 1.57 bits per heavy atom. The fourth-order valence-electron chi connectivity index (χ4n) is 0.347. The molecular weight excluding hydrogens is 88.1 g/mol. The first-order valence-electron chi connectivity index (χ1n) is 2.14. The van der Waals surface area contributed by atoms with Crippen LogP contribution in [0.25, 0.3) is 0 Å². The minimum Gasteiger partial charge on any atom is -0.876 e. The Morgan fingerprint density at radius 3 is 2.00 bits per heavy atom. The average Bonchev–Trinajstić information content (AvgIpc) is 1.27. The molecule has 0 aromatic heterocycles. The summed E-state index contributed by atoms with van der Waals surface area (Å²) in [6.07, 6.45) is 1.50. The maximum Gasteiger partial charge on any atom is -0.0404 e. The Balaban J connectivity index is 3.68. The minimum atomic E-state index is 0.0625. The van der Waals surface area contributed by atoms with Gasteiger partial charge in [0.15, 0.2) is 0 Å². The van der Waals surface area contributed by atoms with E-state index in [4.69, 9.17) is 0 Å². The molecule has 1 heteroatoms. The fourth-order valence-corrected chi connectivity index (χ4v) is 0.347. The molecule has 0 N–H and O–H groups in total. The first kappa shape index (κ1) is 6.28. The summed E-state index contributed by atoms with van der Waals surface area (Å²) in [6, 6.07) is 0. The van der Waals surface area contributed by atoms with Crippen LogP contribution < -0.4 is 5.11 Å². The van der Waals surface area contributed by atoms with E-state index >= 15 is 0 Å². The summed E-state index contributed by atoms with van der Waals surface area (Å²) in [5.41, 5.74) is 0.813. The topological polar surface area (TPSA) is 23.1 Å². The van der Waals surface area contributed by atoms with Crippen LogP contribution in [0.1, 0.15) is 13.8 Å². The Labute approximate surface area is 44.0 Å². The number of allylic oxidation sites excluding steroid dienone is 3. The van der Waals surface area contributed by atoms with Crippen LogP contribution in [-0.2, 0) is 0 Å². The van der Waals surface area contributed by atoms with Gasteiger partial charge < -0.3 is 5.11 Å². The standard InChI is InChI=1S/C6H10O/c1-5(2)4-6(3)7/h4,7H,1H2,2-3H3/p-1/b6-4-. The van der Waals surface area contributed by atoms with Crippen molar-refractivity contribution >= 4 is 0 Å². The zero-order valence-corrected chi connectivity index (χ0v) is 4.69. The number of rotatable bonds is 1. The van der Waals surface area contributed by atoms with Gasteiger partial charge in [-0.15, -0.1) is 5.76 Å². The summed E-state index contributed by atoms with van der Waals surface area (Å²) in [6.45, 7) is 6.82. The molecule has 0 saturated carbocycles. The van der Waals surface area contributed by atoms with E-state index in [9.17, 15) is 5.11 Å². The number of hydrogen-bond donors (Lipinski definition) is 0. The van der Waals surface area contributed by atoms with Crippen molar-refractivity contribution in [1.29, 1.82) is 0 Å². The van der Waals surface area contributed by atoms with Crippen LogP contribution in [-0.4, -0.2) is 0 Å². The van der Waals surface area contributed by atoms with Crippen LogP contribution in [0.15, 0.2) is 24.0 Å². The van der Waals surface area contributed by atoms with Gasteiger partial charge in [-0.3, -0.25) is 0 Å². The molecule has 0 aromatic rings. The number of hydrogen-bond acceptors (Lipinski definition) is 1. The molecule has 7 heavy (non-hydrogen) atoms. The normalized spacial score (nSPS) is 11.4. The lowest BCUT2D eigenvalue weighted by atomic mass is 10.3. The summed E-state index contributed by atoms with van der Waals surface area (Å²) in [4.78, 5) is 0. The molecule has 0 aliphatic rings. The molecule has 0 aliphatic carbocycles. The fraction of sp³-hybridized carbons (Fsp3) is 0.333. The van der Waals surface area contributed by atoms with Crippen molar-refractivity contribution in [2.24, 2.45) is 0 Å². The average molecular weight is 97.1 g/mol. The van der Waals surface area contributed by atoms with Crippen molar-refractivity contribution in [1.82, 2.24) is 0 Å². The van der Waals surface area contributed by atoms with Gasteiger partial charge in [-0.1, -0.05) is 25.2 Å². The van der Waals surface area contributed by atoms with Crippen LogP contribution in [0.3, 0.4) is 0 Å². The highest BCUT2D eigenvalue weighted by atomic mass is 16.3. The highest BCUT2D eigenvalue weighted by Gasteiger charge is 1.68. The third-order valence-electron chi connectivity index (χ3n) is 0.450. The van der Waals surface area contributed by atoms with Crippen molar-refractivity contribution < 1.29 is 5.11 Å². The highest BCUT2D eigenvalue weighted by molar-refractivity contribution is 5.11. The monoisotopic (exact) mass is 97.1 g/mol. The van der Waals surface area contributed by atoms with Crippen LogP contribution >= 0.6 is 0 Å². The Kier molecular flexibility index (Phi) is 2.20. The van der Waals surface area contributed by atoms with E-state index in [1.165, 1.54) is 13.0 Å². The van der Waals surface area contributed by atoms with E-state index in [2.05, 4.69) is 6.58 Å². The second-order valence-corrected chi connectivity index (χ2v) is 1.60. The van der Waals surface area contributed by atoms with Gasteiger partial charge >= 0.3 is 0 Å². The minimum absolute atomic E-state index is 0.0625. The smallest absolute Gasteiger partial charge is 0.0404 e. The van der Waals surface area contributed by atoms with Crippen molar-refractivity contribution in [3.05, 3.63) is 24.0 Å². The SMILES string of the molecule is C=C(C)/C=C(/C)[O-]. The van der Waals surface area contributed by atoms with Gasteiger partial charge in [-0.2, -0.15) is 0 Å². The third-order valence-corrected chi connectivity index (χ3v) is 0.450. The van der Waals surface area contributed by atoms with E-state index in [1.54, 1.807) is 6.92 Å². The lowest BCUT2D eigenvalue weighted by molar-refractivity contribution is -0.301. The maximum atomic E-state index is 10.1. The van der Waals surface area contributed by atoms with Gasteiger partial charge in [0, 0.05) is 0 Å². The molecule has 0 spiro atoms. The molecule has 0 aromatic carbocycles. The Bertz CT molecular complexity index is 96.7. The Morgan fingerprint density at radius 2 is 2.00 bits per heavy atom. The van der Waals surface area contributed by atoms with Crippen LogP contribution in [0.2, 0.25) is 0 Å². The molecule has 0 fully saturated rings. The van der Waals surface area contributed by atoms with Crippen molar-refractivity contribution in [2.75, 3.05) is 0 Å². The first-order valence-corrected chi connectivity index (χ1v) is 2.14. The molecule has 0 amide bonds. The summed E-state index contributed by atoms with van der Waals surface area (Å²) in [5, 5.41) is 10.1. The second kappa shape index (κ2) is 2.45. The van der Waals surface area contributed by atoms with Crippen molar-refractivity contribution in [3.63, 3.8) is 0 Å². The lowest BCUT2D eigenvalue weighted by Crippen LogP contribution is -1.96. The highest BCUT2D eigenvalue weighted by Crippen LogP contribution is 1.89. The van der Waals surface area contributed by atoms with E-state index in [-0.39, 0.29) is 5.76 Å². The maximum absolute atomic E-state index is 10.1. The molecule has 0 heterocycles. The second-order valence-electron chi connectivity index (χ2n) is 1.60. The Hall–Kier alpha value is -0.720. The van der Waals surface area contributed by atoms with Gasteiger partial charge in [0.2, 0.25) is 0 Å². The van der Waals surface area contributed by atoms with Crippen molar-refractivity contribution in [3.8, 4) is 0 Å². The molecule has 0 saturated heterocycles. The molecule has 0 rings (SSSR count). The van der Waals surface area contributed by atoms with Gasteiger partial charge in [0.25, 0.3) is 0 Å². The van der Waals surface area contributed by atoms with Crippen LogP contribution in [0, 0.1) is 0 Å². The predicted octanol–water partition coefficient (Wildman–Crippen LogP) is 0.827. The zero-order chi connectivity index (χ0) is 5.86. The summed E-state index contributed by atoms with van der Waals surface area (Å²) < 4.78 is 0. The lowest BCUT2D eigenvalue weighted by Gasteiger charge is -2.00. The molecule has 0 radical (unpaired) electrons. The van der Waals surface area contributed by atoms with Gasteiger partial charge in [-0.05, 0) is 6.92 Å². The van der Waals surface area contributed by atoms with E-state index in [1.807, 2.05) is 0 Å². The molecule has 0 atom stereocenters. The van der Waals surface area contributed by atoms with Gasteiger partial charge in [0.05, 0.1) is 0 Å². The van der Waals surface area contributed by atoms with Crippen LogP contribution in [0.5, 0.6) is 0 Å². The molecule has 0 bridgehead atoms. The van der Waals surface area contributed by atoms with Crippen LogP contribution in [0.4, 0.5) is 0 Å². The van der Waals surface area contributed by atoms with E-state index in [0.29, 0.717) is 0 Å². The third kappa shape index (κ3) is 5.28. The van der Waals surface area contributed by atoms with Gasteiger partial charge in [0.1, 0.15) is 0 Å². The predicted molar refractivity (Wildman–Crippen MR) is 28.6 cm³/mol. The first-order chi connectivity index (χ1) is 3.13.